The predicted octanol–water partition coefficient (Wildman–Crippen LogP) is 2.70. The van der Waals surface area contributed by atoms with E-state index in [2.05, 4.69) is 5.32 Å². The van der Waals surface area contributed by atoms with E-state index in [-0.39, 0.29) is 36.6 Å². The number of nitrogens with one attached hydrogen (secondary N) is 1. The number of urea groups is 1. The zero-order valence-electron chi connectivity index (χ0n) is 15.7. The summed E-state index contributed by atoms with van der Waals surface area (Å²) in [5, 5.41) is 2.84. The minimum absolute atomic E-state index is 0.0672. The van der Waals surface area contributed by atoms with E-state index >= 15 is 0 Å². The van der Waals surface area contributed by atoms with Crippen LogP contribution in [0.2, 0.25) is 0 Å². The highest BCUT2D eigenvalue weighted by atomic mass is 19.1. The average molecular weight is 385 g/mol. The lowest BCUT2D eigenvalue weighted by molar-refractivity contribution is -0.133. The molecule has 1 N–H and O–H groups in total. The number of carbonyl (C=O) groups is 3. The Morgan fingerprint density at radius 2 is 1.86 bits per heavy atom. The normalized spacial score (nSPS) is 21.2. The van der Waals surface area contributed by atoms with Crippen molar-refractivity contribution >= 4 is 23.4 Å². The molecule has 4 amide bonds. The van der Waals surface area contributed by atoms with Crippen molar-refractivity contribution in [3.05, 3.63) is 41.7 Å². The van der Waals surface area contributed by atoms with E-state index in [4.69, 9.17) is 0 Å². The summed E-state index contributed by atoms with van der Waals surface area (Å²) >= 11 is 0. The minimum atomic E-state index is -0.724. The molecule has 0 bridgehead atoms. The molecule has 28 heavy (non-hydrogen) atoms. The molecule has 7 heteroatoms. The summed E-state index contributed by atoms with van der Waals surface area (Å²) in [5.74, 6) is -0.515. The standard InChI is InChI=1S/C21H24FN3O3/c22-17-5-3-15(4-6-17)16-7-12-24(13-8-16)18(26)9-14-25-19(27)21(23-20(25)28)10-1-2-11-21/h3-7H,1-2,8-14H2,(H,23,28). The van der Waals surface area contributed by atoms with Gasteiger partial charge in [-0.1, -0.05) is 31.1 Å². The van der Waals surface area contributed by atoms with Gasteiger partial charge in [-0.15, -0.1) is 0 Å². The molecule has 0 atom stereocenters. The number of halogens is 1. The fourth-order valence-corrected chi connectivity index (χ4v) is 4.38. The highest BCUT2D eigenvalue weighted by Gasteiger charge is 2.52. The van der Waals surface area contributed by atoms with E-state index in [0.717, 1.165) is 24.0 Å². The monoisotopic (exact) mass is 385 g/mol. The van der Waals surface area contributed by atoms with Gasteiger partial charge < -0.3 is 10.2 Å². The molecule has 4 rings (SSSR count). The SMILES string of the molecule is O=C(CCN1C(=O)NC2(CCCC2)C1=O)N1CC=C(c2ccc(F)cc2)CC1. The molecule has 0 aromatic heterocycles. The molecule has 3 aliphatic rings. The molecule has 0 radical (unpaired) electrons. The van der Waals surface area contributed by atoms with E-state index < -0.39 is 5.54 Å². The third-order valence-electron chi connectivity index (χ3n) is 6.03. The van der Waals surface area contributed by atoms with Gasteiger partial charge in [0.2, 0.25) is 5.91 Å². The second-order valence-corrected chi connectivity index (χ2v) is 7.75. The lowest BCUT2D eigenvalue weighted by Gasteiger charge is -2.27. The highest BCUT2D eigenvalue weighted by Crippen LogP contribution is 2.35. The smallest absolute Gasteiger partial charge is 0.325 e. The van der Waals surface area contributed by atoms with Crippen LogP contribution in [0.1, 0.15) is 44.1 Å². The summed E-state index contributed by atoms with van der Waals surface area (Å²) < 4.78 is 13.1. The molecule has 1 aliphatic carbocycles. The first-order valence-corrected chi connectivity index (χ1v) is 9.85. The van der Waals surface area contributed by atoms with Crippen LogP contribution in [0.15, 0.2) is 30.3 Å². The number of rotatable bonds is 4. The average Bonchev–Trinajstić information content (AvgIpc) is 3.26. The van der Waals surface area contributed by atoms with Crippen LogP contribution in [0, 0.1) is 5.82 Å². The Morgan fingerprint density at radius 3 is 2.50 bits per heavy atom. The molecule has 1 saturated heterocycles. The van der Waals surface area contributed by atoms with E-state index in [1.54, 1.807) is 17.0 Å². The topological polar surface area (TPSA) is 69.7 Å². The van der Waals surface area contributed by atoms with Gasteiger partial charge in [-0.25, -0.2) is 9.18 Å². The number of hydrogen-bond donors (Lipinski definition) is 1. The van der Waals surface area contributed by atoms with E-state index in [1.165, 1.54) is 17.0 Å². The fourth-order valence-electron chi connectivity index (χ4n) is 4.38. The zero-order chi connectivity index (χ0) is 19.7. The van der Waals surface area contributed by atoms with Gasteiger partial charge in [0.05, 0.1) is 0 Å². The third-order valence-corrected chi connectivity index (χ3v) is 6.03. The first-order chi connectivity index (χ1) is 13.5. The van der Waals surface area contributed by atoms with Gasteiger partial charge in [0.15, 0.2) is 0 Å². The van der Waals surface area contributed by atoms with Gasteiger partial charge in [-0.2, -0.15) is 0 Å². The molecule has 2 fully saturated rings. The lowest BCUT2D eigenvalue weighted by atomic mass is 9.98. The third kappa shape index (κ3) is 3.41. The molecule has 1 aromatic rings. The summed E-state index contributed by atoms with van der Waals surface area (Å²) in [6.45, 7) is 1.18. The van der Waals surface area contributed by atoms with E-state index in [0.29, 0.717) is 32.4 Å². The predicted molar refractivity (Wildman–Crippen MR) is 102 cm³/mol. The Labute approximate surface area is 163 Å². The Hall–Kier alpha value is -2.70. The van der Waals surface area contributed by atoms with Crippen molar-refractivity contribution in [2.75, 3.05) is 19.6 Å². The van der Waals surface area contributed by atoms with Gasteiger partial charge in [-0.3, -0.25) is 14.5 Å². The largest absolute Gasteiger partial charge is 0.339 e. The molecule has 2 aliphatic heterocycles. The first-order valence-electron chi connectivity index (χ1n) is 9.85. The Balaban J connectivity index is 1.32. The van der Waals surface area contributed by atoms with Crippen LogP contribution in [0.3, 0.4) is 0 Å². The van der Waals surface area contributed by atoms with Crippen LogP contribution < -0.4 is 5.32 Å². The van der Waals surface area contributed by atoms with Gasteiger partial charge in [-0.05, 0) is 42.5 Å². The molecule has 0 unspecified atom stereocenters. The second kappa shape index (κ2) is 7.37. The highest BCUT2D eigenvalue weighted by molar-refractivity contribution is 6.07. The maximum atomic E-state index is 13.1. The zero-order valence-corrected chi connectivity index (χ0v) is 15.7. The van der Waals surface area contributed by atoms with Crippen LogP contribution >= 0.6 is 0 Å². The quantitative estimate of drug-likeness (QED) is 0.811. The number of carbonyl (C=O) groups excluding carboxylic acids is 3. The Bertz CT molecular complexity index is 828. The van der Waals surface area contributed by atoms with Gasteiger partial charge in [0.25, 0.3) is 5.91 Å². The number of imide groups is 1. The molecule has 1 aromatic carbocycles. The summed E-state index contributed by atoms with van der Waals surface area (Å²) in [6.07, 6.45) is 6.06. The molecule has 6 nitrogen and oxygen atoms in total. The number of nitrogens with zero attached hydrogens (tertiary/aromatic N) is 2. The lowest BCUT2D eigenvalue weighted by Crippen LogP contribution is -2.44. The van der Waals surface area contributed by atoms with Gasteiger partial charge in [0.1, 0.15) is 11.4 Å². The van der Waals surface area contributed by atoms with E-state index in [1.807, 2.05) is 6.08 Å². The minimum Gasteiger partial charge on any atom is -0.339 e. The summed E-state index contributed by atoms with van der Waals surface area (Å²) in [5.41, 5.74) is 1.34. The van der Waals surface area contributed by atoms with Gasteiger partial charge in [0, 0.05) is 26.1 Å². The Kier molecular flexibility index (Phi) is 4.91. The van der Waals surface area contributed by atoms with Crippen LogP contribution in [0.5, 0.6) is 0 Å². The maximum Gasteiger partial charge on any atom is 0.325 e. The van der Waals surface area contributed by atoms with Crippen molar-refractivity contribution < 1.29 is 18.8 Å². The second-order valence-electron chi connectivity index (χ2n) is 7.75. The number of benzene rings is 1. The molecule has 2 heterocycles. The van der Waals surface area contributed by atoms with Crippen LogP contribution in [-0.4, -0.2) is 52.8 Å². The van der Waals surface area contributed by atoms with Crippen LogP contribution in [0.25, 0.3) is 5.57 Å². The number of amides is 4. The van der Waals surface area contributed by atoms with Crippen LogP contribution in [0.4, 0.5) is 9.18 Å². The van der Waals surface area contributed by atoms with Crippen molar-refractivity contribution in [3.63, 3.8) is 0 Å². The number of hydrogen-bond acceptors (Lipinski definition) is 3. The van der Waals surface area contributed by atoms with Crippen molar-refractivity contribution in [1.29, 1.82) is 0 Å². The molecular formula is C21H24FN3O3. The summed E-state index contributed by atoms with van der Waals surface area (Å²) in [7, 11) is 0. The maximum absolute atomic E-state index is 13.1. The van der Waals surface area contributed by atoms with Crippen molar-refractivity contribution in [2.24, 2.45) is 0 Å². The van der Waals surface area contributed by atoms with E-state index in [9.17, 15) is 18.8 Å². The van der Waals surface area contributed by atoms with Gasteiger partial charge >= 0.3 is 6.03 Å². The summed E-state index contributed by atoms with van der Waals surface area (Å²) in [4.78, 5) is 40.3. The van der Waals surface area contributed by atoms with Crippen molar-refractivity contribution in [2.45, 2.75) is 44.1 Å². The van der Waals surface area contributed by atoms with Crippen molar-refractivity contribution in [1.82, 2.24) is 15.1 Å². The molecule has 1 spiro atoms. The molecular weight excluding hydrogens is 361 g/mol. The first kappa shape index (κ1) is 18.7. The van der Waals surface area contributed by atoms with Crippen molar-refractivity contribution in [3.8, 4) is 0 Å². The fraction of sp³-hybridized carbons (Fsp3) is 0.476. The summed E-state index contributed by atoms with van der Waals surface area (Å²) in [6, 6.07) is 5.98. The molecule has 148 valence electrons. The molecule has 1 saturated carbocycles. The Morgan fingerprint density at radius 1 is 1.14 bits per heavy atom. The van der Waals surface area contributed by atoms with Crippen LogP contribution in [-0.2, 0) is 9.59 Å².